The van der Waals surface area contributed by atoms with Crippen LogP contribution in [0.2, 0.25) is 0 Å². The van der Waals surface area contributed by atoms with Gasteiger partial charge in [-0.05, 0) is 24.5 Å². The molecule has 0 spiro atoms. The molecule has 7 heteroatoms. The van der Waals surface area contributed by atoms with Crippen molar-refractivity contribution in [2.24, 2.45) is 5.84 Å². The van der Waals surface area contributed by atoms with Crippen LogP contribution < -0.4 is 11.3 Å². The number of aliphatic hydroxyl groups is 1. The van der Waals surface area contributed by atoms with E-state index >= 15 is 0 Å². The number of hydrogen-bond donors (Lipinski definition) is 3. The number of nitrogen functional groups attached to an aromatic ring is 1. The van der Waals surface area contributed by atoms with Gasteiger partial charge in [0, 0.05) is 25.2 Å². The van der Waals surface area contributed by atoms with E-state index in [-0.39, 0.29) is 12.3 Å². The summed E-state index contributed by atoms with van der Waals surface area (Å²) in [4.78, 5) is 12.5. The lowest BCUT2D eigenvalue weighted by molar-refractivity contribution is -0.384. The first-order valence-electron chi connectivity index (χ1n) is 6.24. The average molecular weight is 266 g/mol. The minimum absolute atomic E-state index is 0.0358. The van der Waals surface area contributed by atoms with Crippen LogP contribution in [0.5, 0.6) is 0 Å². The van der Waals surface area contributed by atoms with Crippen molar-refractivity contribution >= 4 is 11.4 Å². The molecule has 1 aliphatic rings. The number of rotatable bonds is 7. The predicted octanol–water partition coefficient (Wildman–Crippen LogP) is 0.837. The van der Waals surface area contributed by atoms with Crippen molar-refractivity contribution in [3.63, 3.8) is 0 Å². The highest BCUT2D eigenvalue weighted by molar-refractivity contribution is 5.62. The summed E-state index contributed by atoms with van der Waals surface area (Å²) < 4.78 is 0. The molecule has 4 N–H and O–H groups in total. The molecule has 104 valence electrons. The van der Waals surface area contributed by atoms with Gasteiger partial charge in [0.05, 0.1) is 11.5 Å². The van der Waals surface area contributed by atoms with Gasteiger partial charge in [-0.3, -0.25) is 20.9 Å². The minimum atomic E-state index is -0.467. The normalized spacial score (nSPS) is 14.7. The van der Waals surface area contributed by atoms with Gasteiger partial charge in [-0.25, -0.2) is 0 Å². The van der Waals surface area contributed by atoms with Gasteiger partial charge < -0.3 is 10.5 Å². The van der Waals surface area contributed by atoms with Crippen molar-refractivity contribution in [2.75, 3.05) is 18.6 Å². The van der Waals surface area contributed by atoms with Crippen LogP contribution in [-0.2, 0) is 6.54 Å². The molecule has 0 heterocycles. The summed E-state index contributed by atoms with van der Waals surface area (Å²) in [5, 5.41) is 19.8. The fourth-order valence-corrected chi connectivity index (χ4v) is 2.15. The second-order valence-electron chi connectivity index (χ2n) is 4.68. The Morgan fingerprint density at radius 3 is 2.79 bits per heavy atom. The van der Waals surface area contributed by atoms with Crippen LogP contribution in [0.1, 0.15) is 18.4 Å². The Morgan fingerprint density at radius 2 is 2.26 bits per heavy atom. The molecular formula is C12H18N4O3. The molecule has 0 aromatic heterocycles. The van der Waals surface area contributed by atoms with E-state index in [2.05, 4.69) is 10.3 Å². The number of anilines is 1. The molecule has 7 nitrogen and oxygen atoms in total. The van der Waals surface area contributed by atoms with E-state index in [0.717, 1.165) is 18.4 Å². The van der Waals surface area contributed by atoms with Crippen LogP contribution in [-0.4, -0.2) is 34.1 Å². The van der Waals surface area contributed by atoms with Crippen LogP contribution in [0.25, 0.3) is 0 Å². The fourth-order valence-electron chi connectivity index (χ4n) is 2.15. The van der Waals surface area contributed by atoms with Crippen molar-refractivity contribution in [2.45, 2.75) is 25.4 Å². The third-order valence-electron chi connectivity index (χ3n) is 3.25. The smallest absolute Gasteiger partial charge is 0.293 e. The number of hydrazine groups is 1. The first-order chi connectivity index (χ1) is 9.15. The zero-order chi connectivity index (χ0) is 13.8. The Hall–Kier alpha value is -1.70. The summed E-state index contributed by atoms with van der Waals surface area (Å²) in [6, 6.07) is 5.39. The highest BCUT2D eigenvalue weighted by atomic mass is 16.6. The van der Waals surface area contributed by atoms with Gasteiger partial charge in [-0.15, -0.1) is 0 Å². The van der Waals surface area contributed by atoms with Gasteiger partial charge in [-0.2, -0.15) is 0 Å². The molecule has 0 radical (unpaired) electrons. The van der Waals surface area contributed by atoms with Crippen molar-refractivity contribution in [3.05, 3.63) is 33.9 Å². The zero-order valence-electron chi connectivity index (χ0n) is 10.6. The van der Waals surface area contributed by atoms with Gasteiger partial charge in [0.1, 0.15) is 5.69 Å². The van der Waals surface area contributed by atoms with Gasteiger partial charge in [0.25, 0.3) is 5.69 Å². The quantitative estimate of drug-likeness (QED) is 0.384. The largest absolute Gasteiger partial charge is 0.395 e. The summed E-state index contributed by atoms with van der Waals surface area (Å²) in [6.07, 6.45) is 2.30. The van der Waals surface area contributed by atoms with E-state index in [1.54, 1.807) is 12.1 Å². The monoisotopic (exact) mass is 266 g/mol. The standard InChI is InChI=1S/C12H18N4O3/c13-14-11-7-9(1-4-12(11)16(18)19)8-15(5-6-17)10-2-3-10/h1,4,7,10,14,17H,2-3,5-6,8,13H2. The molecule has 0 atom stereocenters. The molecule has 0 amide bonds. The summed E-state index contributed by atoms with van der Waals surface area (Å²) in [5.41, 5.74) is 3.57. The summed E-state index contributed by atoms with van der Waals surface area (Å²) in [6.45, 7) is 1.40. The van der Waals surface area contributed by atoms with E-state index < -0.39 is 4.92 Å². The molecule has 1 aliphatic carbocycles. The Bertz CT molecular complexity index is 462. The third kappa shape index (κ3) is 3.40. The number of nitro benzene ring substituents is 1. The predicted molar refractivity (Wildman–Crippen MR) is 71.4 cm³/mol. The van der Waals surface area contributed by atoms with Gasteiger partial charge in [-0.1, -0.05) is 6.07 Å². The number of nitrogens with two attached hydrogens (primary N) is 1. The van der Waals surface area contributed by atoms with E-state index in [0.29, 0.717) is 24.8 Å². The van der Waals surface area contributed by atoms with Gasteiger partial charge in [0.15, 0.2) is 0 Å². The molecular weight excluding hydrogens is 248 g/mol. The third-order valence-corrected chi connectivity index (χ3v) is 3.25. The molecule has 2 rings (SSSR count). The Labute approximate surface area is 111 Å². The number of benzene rings is 1. The summed E-state index contributed by atoms with van der Waals surface area (Å²) in [7, 11) is 0. The maximum atomic E-state index is 10.8. The Morgan fingerprint density at radius 1 is 1.53 bits per heavy atom. The van der Waals surface area contributed by atoms with Crippen molar-refractivity contribution in [1.82, 2.24) is 4.90 Å². The maximum Gasteiger partial charge on any atom is 0.293 e. The molecule has 0 unspecified atom stereocenters. The van der Waals surface area contributed by atoms with E-state index in [4.69, 9.17) is 10.9 Å². The van der Waals surface area contributed by atoms with Crippen LogP contribution in [0.15, 0.2) is 18.2 Å². The van der Waals surface area contributed by atoms with Crippen LogP contribution in [0.3, 0.4) is 0 Å². The average Bonchev–Trinajstić information content (AvgIpc) is 3.22. The van der Waals surface area contributed by atoms with E-state index in [1.165, 1.54) is 6.07 Å². The van der Waals surface area contributed by atoms with Crippen LogP contribution >= 0.6 is 0 Å². The van der Waals surface area contributed by atoms with Crippen LogP contribution in [0.4, 0.5) is 11.4 Å². The van der Waals surface area contributed by atoms with Gasteiger partial charge in [0.2, 0.25) is 0 Å². The molecule has 0 saturated heterocycles. The number of nitro groups is 1. The molecule has 19 heavy (non-hydrogen) atoms. The fraction of sp³-hybridized carbons (Fsp3) is 0.500. The summed E-state index contributed by atoms with van der Waals surface area (Å²) >= 11 is 0. The first kappa shape index (κ1) is 13.7. The molecule has 1 aromatic rings. The number of nitrogens with zero attached hydrogens (tertiary/aromatic N) is 2. The molecule has 1 aromatic carbocycles. The zero-order valence-corrected chi connectivity index (χ0v) is 10.6. The number of hydrogen-bond acceptors (Lipinski definition) is 6. The maximum absolute atomic E-state index is 10.8. The first-order valence-corrected chi connectivity index (χ1v) is 6.24. The molecule has 0 aliphatic heterocycles. The van der Waals surface area contributed by atoms with Crippen LogP contribution in [0, 0.1) is 10.1 Å². The Kier molecular flexibility index (Phi) is 4.31. The lowest BCUT2D eigenvalue weighted by Crippen LogP contribution is -2.28. The Balaban J connectivity index is 2.13. The van der Waals surface area contributed by atoms with E-state index in [9.17, 15) is 10.1 Å². The molecule has 0 bridgehead atoms. The summed E-state index contributed by atoms with van der Waals surface area (Å²) in [5.74, 6) is 5.31. The van der Waals surface area contributed by atoms with Gasteiger partial charge >= 0.3 is 0 Å². The topological polar surface area (TPSA) is 105 Å². The highest BCUT2D eigenvalue weighted by Gasteiger charge is 2.28. The number of nitrogens with one attached hydrogen (secondary N) is 1. The van der Waals surface area contributed by atoms with Crippen molar-refractivity contribution < 1.29 is 10.0 Å². The van der Waals surface area contributed by atoms with E-state index in [1.807, 2.05) is 0 Å². The lowest BCUT2D eigenvalue weighted by Gasteiger charge is -2.21. The van der Waals surface area contributed by atoms with Crippen molar-refractivity contribution in [3.8, 4) is 0 Å². The lowest BCUT2D eigenvalue weighted by atomic mass is 10.1. The molecule has 1 fully saturated rings. The second kappa shape index (κ2) is 5.96. The second-order valence-corrected chi connectivity index (χ2v) is 4.68. The minimum Gasteiger partial charge on any atom is -0.395 e. The SMILES string of the molecule is NNc1cc(CN(CCO)C2CC2)ccc1[N+](=O)[O-]. The van der Waals surface area contributed by atoms with Crippen molar-refractivity contribution in [1.29, 1.82) is 0 Å². The highest BCUT2D eigenvalue weighted by Crippen LogP contribution is 2.30. The number of aliphatic hydroxyl groups excluding tert-OH is 1. The molecule has 1 saturated carbocycles.